The van der Waals surface area contributed by atoms with Gasteiger partial charge in [-0.05, 0) is 60.9 Å². The summed E-state index contributed by atoms with van der Waals surface area (Å²) in [6, 6.07) is 26.3. The Bertz CT molecular complexity index is 1350. The monoisotopic (exact) mass is 573 g/mol. The summed E-state index contributed by atoms with van der Waals surface area (Å²) in [7, 11) is 3.16. The van der Waals surface area contributed by atoms with E-state index in [2.05, 4.69) is 24.3 Å². The summed E-state index contributed by atoms with van der Waals surface area (Å²) >= 11 is 0. The highest BCUT2D eigenvalue weighted by molar-refractivity contribution is 5.69. The lowest BCUT2D eigenvalue weighted by Crippen LogP contribution is -2.57. The third-order valence-corrected chi connectivity index (χ3v) is 8.78. The van der Waals surface area contributed by atoms with Crippen molar-refractivity contribution in [3.8, 4) is 11.5 Å². The van der Waals surface area contributed by atoms with Crippen molar-refractivity contribution in [3.05, 3.63) is 101 Å². The molecule has 2 aliphatic rings. The molecule has 0 radical (unpaired) electrons. The lowest BCUT2D eigenvalue weighted by molar-refractivity contribution is -0.775. The minimum atomic E-state index is -1.12. The SMILES string of the molecule is CC[C@]1(Cc2ccc(OC)c(OC)c2)C=[N+]([O-])O[C@H](OC2CCCC2(c2ccccc2)c2ccccc2)[C@@H]1OC(C)=O. The van der Waals surface area contributed by atoms with Gasteiger partial charge >= 0.3 is 5.97 Å². The molecule has 0 amide bonds. The van der Waals surface area contributed by atoms with Crippen molar-refractivity contribution in [1.29, 1.82) is 0 Å². The van der Waals surface area contributed by atoms with Crippen LogP contribution in [-0.4, -0.2) is 49.8 Å². The Kier molecular flexibility index (Phi) is 8.73. The molecular weight excluding hydrogens is 534 g/mol. The zero-order valence-electron chi connectivity index (χ0n) is 24.7. The second kappa shape index (κ2) is 12.4. The molecule has 3 aromatic carbocycles. The molecule has 1 saturated carbocycles. The average molecular weight is 574 g/mol. The molecule has 0 spiro atoms. The predicted octanol–water partition coefficient (Wildman–Crippen LogP) is 5.98. The average Bonchev–Trinajstić information content (AvgIpc) is 3.43. The van der Waals surface area contributed by atoms with E-state index in [1.807, 2.05) is 61.5 Å². The van der Waals surface area contributed by atoms with E-state index in [9.17, 15) is 10.0 Å². The van der Waals surface area contributed by atoms with Crippen molar-refractivity contribution in [3.63, 3.8) is 0 Å². The number of ether oxygens (including phenoxy) is 4. The molecule has 0 aromatic heterocycles. The van der Waals surface area contributed by atoms with E-state index in [0.717, 1.165) is 36.0 Å². The standard InChI is InChI=1S/C34H39NO7/c1-5-33(22-25-18-19-28(38-3)29(21-25)39-4)23-35(37)42-32(31(33)40-24(2)36)41-30-17-12-20-34(30,26-13-8-6-9-14-26)27-15-10-7-11-16-27/h6-11,13-16,18-19,21,23,30-32H,5,12,17,20,22H2,1-4H3/t30?,31-,32-,33-/m0/s1. The Morgan fingerprint density at radius 2 is 1.62 bits per heavy atom. The van der Waals surface area contributed by atoms with Crippen molar-refractivity contribution in [2.45, 2.75) is 69.9 Å². The fourth-order valence-electron chi connectivity index (χ4n) is 6.74. The summed E-state index contributed by atoms with van der Waals surface area (Å²) in [6.07, 6.45) is 2.58. The molecular formula is C34H39NO7. The summed E-state index contributed by atoms with van der Waals surface area (Å²) < 4.78 is 23.7. The van der Waals surface area contributed by atoms with Crippen LogP contribution in [0.15, 0.2) is 78.9 Å². The fraction of sp³-hybridized carbons (Fsp3) is 0.412. The van der Waals surface area contributed by atoms with Crippen LogP contribution >= 0.6 is 0 Å². The molecule has 0 N–H and O–H groups in total. The highest BCUT2D eigenvalue weighted by atomic mass is 16.9. The summed E-state index contributed by atoms with van der Waals surface area (Å²) in [5.74, 6) is 0.704. The maximum Gasteiger partial charge on any atom is 0.303 e. The molecule has 5 rings (SSSR count). The van der Waals surface area contributed by atoms with Crippen molar-refractivity contribution >= 4 is 12.2 Å². The maximum absolute atomic E-state index is 13.1. The van der Waals surface area contributed by atoms with Crippen LogP contribution in [0.1, 0.15) is 56.2 Å². The quantitative estimate of drug-likeness (QED) is 0.218. The van der Waals surface area contributed by atoms with Crippen LogP contribution in [0.4, 0.5) is 0 Å². The first-order chi connectivity index (χ1) is 20.3. The van der Waals surface area contributed by atoms with Crippen LogP contribution in [0.3, 0.4) is 0 Å². The zero-order chi connectivity index (χ0) is 29.7. The molecule has 0 bridgehead atoms. The Hall–Kier alpha value is -4.04. The highest BCUT2D eigenvalue weighted by Crippen LogP contribution is 2.49. The van der Waals surface area contributed by atoms with E-state index in [4.69, 9.17) is 23.8 Å². The minimum Gasteiger partial charge on any atom is -0.493 e. The third-order valence-electron chi connectivity index (χ3n) is 8.78. The van der Waals surface area contributed by atoms with Gasteiger partial charge in [0.1, 0.15) is 0 Å². The van der Waals surface area contributed by atoms with Gasteiger partial charge in [-0.15, -0.1) is 0 Å². The van der Waals surface area contributed by atoms with E-state index in [1.165, 1.54) is 13.1 Å². The smallest absolute Gasteiger partial charge is 0.303 e. The molecule has 1 fully saturated rings. The maximum atomic E-state index is 13.1. The third kappa shape index (κ3) is 5.55. The van der Waals surface area contributed by atoms with Gasteiger partial charge in [0.25, 0.3) is 0 Å². The highest BCUT2D eigenvalue weighted by Gasteiger charge is 2.54. The van der Waals surface area contributed by atoms with E-state index in [-0.39, 0.29) is 6.10 Å². The van der Waals surface area contributed by atoms with Crippen molar-refractivity contribution in [2.24, 2.45) is 5.41 Å². The van der Waals surface area contributed by atoms with Gasteiger partial charge in [0, 0.05) is 17.2 Å². The van der Waals surface area contributed by atoms with E-state index >= 15 is 0 Å². The molecule has 1 heterocycles. The Labute approximate surface area is 247 Å². The van der Waals surface area contributed by atoms with Crippen LogP contribution in [0.5, 0.6) is 11.5 Å². The van der Waals surface area contributed by atoms with Crippen molar-refractivity contribution in [1.82, 2.24) is 0 Å². The van der Waals surface area contributed by atoms with Gasteiger partial charge in [0.05, 0.1) is 25.7 Å². The molecule has 42 heavy (non-hydrogen) atoms. The summed E-state index contributed by atoms with van der Waals surface area (Å²) in [5, 5.41) is 13.1. The van der Waals surface area contributed by atoms with Crippen molar-refractivity contribution in [2.75, 3.05) is 14.2 Å². The minimum absolute atomic E-state index is 0.326. The molecule has 4 atom stereocenters. The van der Waals surface area contributed by atoms with Gasteiger partial charge in [-0.3, -0.25) is 10.0 Å². The summed E-state index contributed by atoms with van der Waals surface area (Å²) in [6.45, 7) is 3.34. The first-order valence-electron chi connectivity index (χ1n) is 14.5. The Morgan fingerprint density at radius 3 is 2.19 bits per heavy atom. The number of hydrogen-bond donors (Lipinski definition) is 0. The predicted molar refractivity (Wildman–Crippen MR) is 158 cm³/mol. The molecule has 8 nitrogen and oxygen atoms in total. The van der Waals surface area contributed by atoms with Crippen LogP contribution in [0.25, 0.3) is 0 Å². The normalized spacial score (nSPS) is 24.8. The molecule has 222 valence electrons. The number of methoxy groups -OCH3 is 2. The van der Waals surface area contributed by atoms with Gasteiger partial charge in [-0.2, -0.15) is 0 Å². The summed E-state index contributed by atoms with van der Waals surface area (Å²) in [4.78, 5) is 18.8. The molecule has 1 unspecified atom stereocenters. The van der Waals surface area contributed by atoms with E-state index in [0.29, 0.717) is 29.2 Å². The zero-order valence-corrected chi connectivity index (χ0v) is 24.7. The number of rotatable bonds is 10. The van der Waals surface area contributed by atoms with Gasteiger partial charge in [0.2, 0.25) is 12.5 Å². The van der Waals surface area contributed by atoms with E-state index in [1.54, 1.807) is 14.2 Å². The second-order valence-corrected chi connectivity index (χ2v) is 11.1. The number of esters is 1. The van der Waals surface area contributed by atoms with Gasteiger partial charge < -0.3 is 23.8 Å². The lowest BCUT2D eigenvalue weighted by atomic mass is 9.71. The van der Waals surface area contributed by atoms with Gasteiger partial charge in [-0.25, -0.2) is 0 Å². The number of benzene rings is 3. The molecule has 0 saturated heterocycles. The van der Waals surface area contributed by atoms with Gasteiger partial charge in [0.15, 0.2) is 17.6 Å². The van der Waals surface area contributed by atoms with Crippen LogP contribution in [0.2, 0.25) is 0 Å². The van der Waals surface area contributed by atoms with Crippen LogP contribution in [-0.2, 0) is 30.9 Å². The second-order valence-electron chi connectivity index (χ2n) is 11.1. The molecule has 1 aliphatic heterocycles. The largest absolute Gasteiger partial charge is 0.493 e. The van der Waals surface area contributed by atoms with Crippen molar-refractivity contribution < 1.29 is 33.5 Å². The Morgan fingerprint density at radius 1 is 0.976 bits per heavy atom. The molecule has 1 aliphatic carbocycles. The first-order valence-corrected chi connectivity index (χ1v) is 14.5. The summed E-state index contributed by atoms with van der Waals surface area (Å²) in [5.41, 5.74) is 1.80. The Balaban J connectivity index is 1.54. The number of hydrogen-bond acceptors (Lipinski definition) is 7. The van der Waals surface area contributed by atoms with Crippen LogP contribution in [0, 0.1) is 10.6 Å². The molecule has 3 aromatic rings. The van der Waals surface area contributed by atoms with Gasteiger partial charge in [-0.1, -0.05) is 73.7 Å². The number of carbonyl (C=O) groups is 1. The number of nitrogens with zero attached hydrogens (tertiary/aromatic N) is 1. The molecule has 8 heteroatoms. The topological polar surface area (TPSA) is 89.3 Å². The lowest BCUT2D eigenvalue weighted by Gasteiger charge is -2.45. The van der Waals surface area contributed by atoms with E-state index < -0.39 is 29.2 Å². The first kappa shape index (κ1) is 29.5. The van der Waals surface area contributed by atoms with Crippen LogP contribution < -0.4 is 9.47 Å². The number of carbonyl (C=O) groups excluding carboxylic acids is 1. The fourth-order valence-corrected chi connectivity index (χ4v) is 6.74.